The zero-order valence-electron chi connectivity index (χ0n) is 10.8. The molecule has 0 radical (unpaired) electrons. The highest BCUT2D eigenvalue weighted by molar-refractivity contribution is 7.13. The van der Waals surface area contributed by atoms with E-state index >= 15 is 0 Å². The summed E-state index contributed by atoms with van der Waals surface area (Å²) in [5.41, 5.74) is 0.0960. The molecule has 0 atom stereocenters. The van der Waals surface area contributed by atoms with Gasteiger partial charge >= 0.3 is 0 Å². The van der Waals surface area contributed by atoms with Crippen LogP contribution in [-0.4, -0.2) is 18.4 Å². The summed E-state index contributed by atoms with van der Waals surface area (Å²) in [6.07, 6.45) is 0. The minimum absolute atomic E-state index is 0.0960. The van der Waals surface area contributed by atoms with Crippen LogP contribution in [0.15, 0.2) is 36.4 Å². The Labute approximate surface area is 119 Å². The number of hydrogen-bond donors (Lipinski definition) is 2. The van der Waals surface area contributed by atoms with Gasteiger partial charge in [-0.05, 0) is 31.2 Å². The van der Waals surface area contributed by atoms with Crippen molar-refractivity contribution in [2.24, 2.45) is 0 Å². The highest BCUT2D eigenvalue weighted by Crippen LogP contribution is 2.14. The van der Waals surface area contributed by atoms with Gasteiger partial charge in [-0.1, -0.05) is 12.1 Å². The quantitative estimate of drug-likeness (QED) is 0.910. The number of carbonyl (C=O) groups is 2. The van der Waals surface area contributed by atoms with Crippen LogP contribution in [0.1, 0.15) is 14.5 Å². The van der Waals surface area contributed by atoms with Crippen LogP contribution in [0.3, 0.4) is 0 Å². The molecule has 0 fully saturated rings. The topological polar surface area (TPSA) is 58.2 Å². The second-order valence-corrected chi connectivity index (χ2v) is 5.41. The van der Waals surface area contributed by atoms with Crippen molar-refractivity contribution in [1.29, 1.82) is 0 Å². The summed E-state index contributed by atoms with van der Waals surface area (Å²) >= 11 is 1.35. The van der Waals surface area contributed by atoms with Crippen molar-refractivity contribution >= 4 is 28.8 Å². The second kappa shape index (κ2) is 6.29. The Balaban J connectivity index is 1.87. The molecule has 104 valence electrons. The summed E-state index contributed by atoms with van der Waals surface area (Å²) in [5, 5.41) is 4.89. The molecule has 0 saturated carbocycles. The van der Waals surface area contributed by atoms with E-state index in [4.69, 9.17) is 0 Å². The molecule has 2 aromatic rings. The van der Waals surface area contributed by atoms with Crippen LogP contribution in [0.5, 0.6) is 0 Å². The van der Waals surface area contributed by atoms with Gasteiger partial charge in [-0.3, -0.25) is 9.59 Å². The van der Waals surface area contributed by atoms with E-state index in [1.54, 1.807) is 12.1 Å². The highest BCUT2D eigenvalue weighted by atomic mass is 32.1. The van der Waals surface area contributed by atoms with Gasteiger partial charge in [-0.2, -0.15) is 0 Å². The van der Waals surface area contributed by atoms with Crippen molar-refractivity contribution in [3.63, 3.8) is 0 Å². The molecule has 0 aliphatic rings. The summed E-state index contributed by atoms with van der Waals surface area (Å²) in [5.74, 6) is -1.30. The average molecular weight is 292 g/mol. The predicted molar refractivity (Wildman–Crippen MR) is 76.4 cm³/mol. The molecular formula is C14H13FN2O2S. The summed E-state index contributed by atoms with van der Waals surface area (Å²) in [7, 11) is 0. The predicted octanol–water partition coefficient (Wildman–Crippen LogP) is 2.56. The Morgan fingerprint density at radius 3 is 2.60 bits per heavy atom. The first-order chi connectivity index (χ1) is 9.56. The maximum Gasteiger partial charge on any atom is 0.261 e. The fourth-order valence-corrected chi connectivity index (χ4v) is 2.35. The molecule has 2 amide bonds. The van der Waals surface area contributed by atoms with E-state index in [0.29, 0.717) is 4.88 Å². The van der Waals surface area contributed by atoms with E-state index in [2.05, 4.69) is 10.6 Å². The summed E-state index contributed by atoms with van der Waals surface area (Å²) in [4.78, 5) is 24.9. The molecule has 6 heteroatoms. The minimum Gasteiger partial charge on any atom is -0.342 e. The number of benzene rings is 1. The van der Waals surface area contributed by atoms with Crippen molar-refractivity contribution < 1.29 is 14.0 Å². The number of halogens is 1. The third-order valence-electron chi connectivity index (χ3n) is 2.52. The largest absolute Gasteiger partial charge is 0.342 e. The molecule has 20 heavy (non-hydrogen) atoms. The number of amides is 2. The van der Waals surface area contributed by atoms with Crippen LogP contribution in [0.4, 0.5) is 10.1 Å². The van der Waals surface area contributed by atoms with Crippen molar-refractivity contribution in [3.05, 3.63) is 52.0 Å². The van der Waals surface area contributed by atoms with E-state index in [1.165, 1.54) is 29.5 Å². The van der Waals surface area contributed by atoms with Crippen LogP contribution in [0.25, 0.3) is 0 Å². The number of hydrogen-bond acceptors (Lipinski definition) is 3. The van der Waals surface area contributed by atoms with Gasteiger partial charge in [0.15, 0.2) is 0 Å². The van der Waals surface area contributed by atoms with Crippen LogP contribution in [-0.2, 0) is 4.79 Å². The van der Waals surface area contributed by atoms with Crippen molar-refractivity contribution in [2.45, 2.75) is 6.92 Å². The summed E-state index contributed by atoms with van der Waals surface area (Å²) < 4.78 is 13.3. The Morgan fingerprint density at radius 2 is 1.95 bits per heavy atom. The van der Waals surface area contributed by atoms with Crippen LogP contribution >= 0.6 is 11.3 Å². The van der Waals surface area contributed by atoms with Gasteiger partial charge in [-0.15, -0.1) is 11.3 Å². The summed E-state index contributed by atoms with van der Waals surface area (Å²) in [6.45, 7) is 1.69. The first-order valence-electron chi connectivity index (χ1n) is 5.95. The number of nitrogens with one attached hydrogen (secondary N) is 2. The minimum atomic E-state index is -0.513. The molecule has 2 N–H and O–H groups in total. The average Bonchev–Trinajstić information content (AvgIpc) is 2.85. The smallest absolute Gasteiger partial charge is 0.261 e. The Hall–Kier alpha value is -2.21. The highest BCUT2D eigenvalue weighted by Gasteiger charge is 2.11. The Kier molecular flexibility index (Phi) is 4.47. The van der Waals surface area contributed by atoms with E-state index < -0.39 is 11.7 Å². The molecule has 1 heterocycles. The fourth-order valence-electron chi connectivity index (χ4n) is 1.56. The van der Waals surface area contributed by atoms with E-state index in [-0.39, 0.29) is 18.1 Å². The van der Waals surface area contributed by atoms with E-state index in [1.807, 2.05) is 13.0 Å². The molecule has 0 unspecified atom stereocenters. The molecule has 2 rings (SSSR count). The zero-order chi connectivity index (χ0) is 14.5. The van der Waals surface area contributed by atoms with Gasteiger partial charge in [0.1, 0.15) is 5.82 Å². The third kappa shape index (κ3) is 3.64. The number of carbonyl (C=O) groups excluding carboxylic acids is 2. The number of anilines is 1. The standard InChI is InChI=1S/C14H13FN2O2S/c1-9-6-7-12(20-9)14(19)16-8-13(18)17-11-5-3-2-4-10(11)15/h2-7H,8H2,1H3,(H,16,19)(H,17,18). The van der Waals surface area contributed by atoms with E-state index in [0.717, 1.165) is 4.88 Å². The monoisotopic (exact) mass is 292 g/mol. The van der Waals surface area contributed by atoms with Gasteiger partial charge in [0, 0.05) is 4.88 Å². The Morgan fingerprint density at radius 1 is 1.20 bits per heavy atom. The summed E-state index contributed by atoms with van der Waals surface area (Å²) in [6, 6.07) is 9.39. The fraction of sp³-hybridized carbons (Fsp3) is 0.143. The maximum absolute atomic E-state index is 13.3. The lowest BCUT2D eigenvalue weighted by atomic mass is 10.3. The molecule has 0 bridgehead atoms. The maximum atomic E-state index is 13.3. The lowest BCUT2D eigenvalue weighted by Crippen LogP contribution is -2.32. The van der Waals surface area contributed by atoms with Crippen LogP contribution in [0, 0.1) is 12.7 Å². The normalized spacial score (nSPS) is 10.1. The van der Waals surface area contributed by atoms with Crippen molar-refractivity contribution in [1.82, 2.24) is 5.32 Å². The van der Waals surface area contributed by atoms with Gasteiger partial charge in [-0.25, -0.2) is 4.39 Å². The molecule has 4 nitrogen and oxygen atoms in total. The Bertz CT molecular complexity index is 640. The lowest BCUT2D eigenvalue weighted by Gasteiger charge is -2.06. The molecule has 1 aromatic heterocycles. The SMILES string of the molecule is Cc1ccc(C(=O)NCC(=O)Nc2ccccc2F)s1. The van der Waals surface area contributed by atoms with Gasteiger partial charge < -0.3 is 10.6 Å². The molecule has 0 saturated heterocycles. The van der Waals surface area contributed by atoms with E-state index in [9.17, 15) is 14.0 Å². The molecule has 0 aliphatic heterocycles. The lowest BCUT2D eigenvalue weighted by molar-refractivity contribution is -0.115. The first-order valence-corrected chi connectivity index (χ1v) is 6.77. The number of aryl methyl sites for hydroxylation is 1. The molecule has 0 aliphatic carbocycles. The number of thiophene rings is 1. The van der Waals surface area contributed by atoms with Gasteiger partial charge in [0.2, 0.25) is 5.91 Å². The number of rotatable bonds is 4. The van der Waals surface area contributed by atoms with Crippen LogP contribution in [0.2, 0.25) is 0 Å². The van der Waals surface area contributed by atoms with Gasteiger partial charge in [0.25, 0.3) is 5.91 Å². The van der Waals surface area contributed by atoms with Crippen LogP contribution < -0.4 is 10.6 Å². The first kappa shape index (κ1) is 14.2. The molecule has 1 aromatic carbocycles. The molecule has 0 spiro atoms. The third-order valence-corrected chi connectivity index (χ3v) is 3.52. The second-order valence-electron chi connectivity index (χ2n) is 4.12. The van der Waals surface area contributed by atoms with Gasteiger partial charge in [0.05, 0.1) is 17.1 Å². The molecular weight excluding hydrogens is 279 g/mol. The number of para-hydroxylation sites is 1. The van der Waals surface area contributed by atoms with Crippen molar-refractivity contribution in [3.8, 4) is 0 Å². The van der Waals surface area contributed by atoms with Crippen molar-refractivity contribution in [2.75, 3.05) is 11.9 Å². The zero-order valence-corrected chi connectivity index (χ0v) is 11.6.